The maximum Gasteiger partial charge on any atom is 0.225 e. The van der Waals surface area contributed by atoms with Crippen LogP contribution < -0.4 is 5.32 Å². The number of amides is 1. The maximum atomic E-state index is 12.0. The first kappa shape index (κ1) is 17.9. The van der Waals surface area contributed by atoms with E-state index in [2.05, 4.69) is 18.3 Å². The third-order valence-electron chi connectivity index (χ3n) is 3.87. The summed E-state index contributed by atoms with van der Waals surface area (Å²) in [6.45, 7) is 2.18. The minimum atomic E-state index is -0.177. The molecule has 1 N–H and O–H groups in total. The van der Waals surface area contributed by atoms with Gasteiger partial charge in [0.05, 0.1) is 16.7 Å². The number of carbonyl (C=O) groups is 1. The highest BCUT2D eigenvalue weighted by atomic mass is 35.5. The van der Waals surface area contributed by atoms with Crippen LogP contribution >= 0.6 is 23.4 Å². The van der Waals surface area contributed by atoms with Crippen LogP contribution in [-0.2, 0) is 4.79 Å². The number of hydrogen-bond acceptors (Lipinski definition) is 3. The first-order valence-electron chi connectivity index (χ1n) is 7.98. The predicted molar refractivity (Wildman–Crippen MR) is 96.2 cm³/mol. The standard InChI is InChI=1S/C18H21ClN2OS/c1-2-3-4-5-10-23-18-16(12-20)15(11-17(22)21-18)13-6-8-14(19)9-7-13/h6-9,15H,2-5,10-11H2,1H3,(H,21,22)/t15-/m0/s1. The third kappa shape index (κ3) is 5.02. The van der Waals surface area contributed by atoms with Crippen molar-refractivity contribution in [1.29, 1.82) is 5.26 Å². The quantitative estimate of drug-likeness (QED) is 0.706. The van der Waals surface area contributed by atoms with Gasteiger partial charge < -0.3 is 5.32 Å². The monoisotopic (exact) mass is 348 g/mol. The van der Waals surface area contributed by atoms with Crippen molar-refractivity contribution in [1.82, 2.24) is 5.32 Å². The van der Waals surface area contributed by atoms with Crippen LogP contribution in [0.3, 0.4) is 0 Å². The molecule has 0 fully saturated rings. The summed E-state index contributed by atoms with van der Waals surface area (Å²) in [5, 5.41) is 13.8. The Balaban J connectivity index is 2.14. The summed E-state index contributed by atoms with van der Waals surface area (Å²) >= 11 is 7.51. The van der Waals surface area contributed by atoms with Crippen LogP contribution in [0.5, 0.6) is 0 Å². The van der Waals surface area contributed by atoms with Gasteiger partial charge in [0.1, 0.15) is 0 Å². The molecule has 1 amide bonds. The van der Waals surface area contributed by atoms with E-state index in [4.69, 9.17) is 11.6 Å². The molecule has 5 heteroatoms. The number of halogens is 1. The molecule has 0 saturated heterocycles. The van der Waals surface area contributed by atoms with Crippen molar-refractivity contribution >= 4 is 29.3 Å². The van der Waals surface area contributed by atoms with Crippen LogP contribution in [0, 0.1) is 11.3 Å². The average molecular weight is 349 g/mol. The Labute approximate surface area is 147 Å². The van der Waals surface area contributed by atoms with Gasteiger partial charge in [-0.05, 0) is 29.9 Å². The number of thioether (sulfide) groups is 1. The number of benzene rings is 1. The summed E-state index contributed by atoms with van der Waals surface area (Å²) in [6.07, 6.45) is 5.02. The van der Waals surface area contributed by atoms with Gasteiger partial charge in [-0.15, -0.1) is 11.8 Å². The zero-order valence-electron chi connectivity index (χ0n) is 13.3. The van der Waals surface area contributed by atoms with Crippen molar-refractivity contribution in [3.05, 3.63) is 45.5 Å². The van der Waals surface area contributed by atoms with E-state index in [0.29, 0.717) is 17.0 Å². The van der Waals surface area contributed by atoms with E-state index in [9.17, 15) is 10.1 Å². The Kier molecular flexibility index (Phi) is 7.01. The predicted octanol–water partition coefficient (Wildman–Crippen LogP) is 4.99. The topological polar surface area (TPSA) is 52.9 Å². The van der Waals surface area contributed by atoms with Crippen molar-refractivity contribution in [3.63, 3.8) is 0 Å². The Morgan fingerprint density at radius 2 is 2.04 bits per heavy atom. The van der Waals surface area contributed by atoms with Gasteiger partial charge in [-0.3, -0.25) is 4.79 Å². The van der Waals surface area contributed by atoms with E-state index in [1.54, 1.807) is 23.9 Å². The number of unbranched alkanes of at least 4 members (excludes halogenated alkanes) is 3. The molecule has 1 heterocycles. The third-order valence-corrected chi connectivity index (χ3v) is 5.23. The maximum absolute atomic E-state index is 12.0. The fourth-order valence-electron chi connectivity index (χ4n) is 2.62. The van der Waals surface area contributed by atoms with Crippen molar-refractivity contribution in [2.24, 2.45) is 0 Å². The highest BCUT2D eigenvalue weighted by Gasteiger charge is 2.29. The Hall–Kier alpha value is -1.44. The van der Waals surface area contributed by atoms with E-state index < -0.39 is 0 Å². The van der Waals surface area contributed by atoms with Gasteiger partial charge in [0.25, 0.3) is 0 Å². The molecule has 0 aliphatic carbocycles. The van der Waals surface area contributed by atoms with Gasteiger partial charge in [-0.25, -0.2) is 0 Å². The lowest BCUT2D eigenvalue weighted by Crippen LogP contribution is -2.30. The summed E-state index contributed by atoms with van der Waals surface area (Å²) < 4.78 is 0. The van der Waals surface area contributed by atoms with Gasteiger partial charge in [0, 0.05) is 17.4 Å². The molecule has 0 unspecified atom stereocenters. The molecule has 122 valence electrons. The van der Waals surface area contributed by atoms with Gasteiger partial charge in [0.2, 0.25) is 5.91 Å². The molecule has 1 aromatic rings. The first-order valence-corrected chi connectivity index (χ1v) is 9.34. The lowest BCUT2D eigenvalue weighted by atomic mass is 9.87. The lowest BCUT2D eigenvalue weighted by molar-refractivity contribution is -0.120. The number of allylic oxidation sites excluding steroid dienone is 1. The SMILES string of the molecule is CCCCCCSC1=C(C#N)[C@H](c2ccc(Cl)cc2)CC(=O)N1. The van der Waals surface area contributed by atoms with Crippen molar-refractivity contribution in [2.45, 2.75) is 44.9 Å². The van der Waals surface area contributed by atoms with E-state index in [1.165, 1.54) is 19.3 Å². The fourth-order valence-corrected chi connectivity index (χ4v) is 3.82. The highest BCUT2D eigenvalue weighted by molar-refractivity contribution is 8.03. The van der Waals surface area contributed by atoms with Crippen molar-refractivity contribution in [3.8, 4) is 6.07 Å². The Bertz CT molecular complexity index is 619. The van der Waals surface area contributed by atoms with Gasteiger partial charge >= 0.3 is 0 Å². The molecule has 3 nitrogen and oxygen atoms in total. The van der Waals surface area contributed by atoms with Crippen LogP contribution in [0.25, 0.3) is 0 Å². The van der Waals surface area contributed by atoms with Crippen LogP contribution in [0.4, 0.5) is 0 Å². The Morgan fingerprint density at radius 1 is 1.30 bits per heavy atom. The Morgan fingerprint density at radius 3 is 2.70 bits per heavy atom. The van der Waals surface area contributed by atoms with E-state index in [1.807, 2.05) is 12.1 Å². The van der Waals surface area contributed by atoms with Crippen LogP contribution in [-0.4, -0.2) is 11.7 Å². The minimum Gasteiger partial charge on any atom is -0.320 e. The fraction of sp³-hybridized carbons (Fsp3) is 0.444. The molecule has 1 atom stereocenters. The molecule has 1 aliphatic rings. The van der Waals surface area contributed by atoms with Gasteiger partial charge in [0.15, 0.2) is 0 Å². The zero-order valence-corrected chi connectivity index (χ0v) is 14.8. The molecule has 0 saturated carbocycles. The summed E-state index contributed by atoms with van der Waals surface area (Å²) in [5.74, 6) is 0.720. The van der Waals surface area contributed by atoms with Crippen LogP contribution in [0.15, 0.2) is 34.9 Å². The number of hydrogen-bond donors (Lipinski definition) is 1. The second kappa shape index (κ2) is 9.00. The van der Waals surface area contributed by atoms with E-state index >= 15 is 0 Å². The molecule has 2 rings (SSSR count). The molecular formula is C18H21ClN2OS. The number of rotatable bonds is 7. The zero-order chi connectivity index (χ0) is 16.7. The molecule has 23 heavy (non-hydrogen) atoms. The summed E-state index contributed by atoms with van der Waals surface area (Å²) in [4.78, 5) is 12.0. The number of nitriles is 1. The van der Waals surface area contributed by atoms with E-state index in [0.717, 1.165) is 22.8 Å². The molecular weight excluding hydrogens is 328 g/mol. The summed E-state index contributed by atoms with van der Waals surface area (Å²) in [6, 6.07) is 9.69. The average Bonchev–Trinajstić information content (AvgIpc) is 2.55. The smallest absolute Gasteiger partial charge is 0.225 e. The van der Waals surface area contributed by atoms with Gasteiger partial charge in [-0.2, -0.15) is 5.26 Å². The lowest BCUT2D eigenvalue weighted by Gasteiger charge is -2.25. The first-order chi connectivity index (χ1) is 11.2. The second-order valence-corrected chi connectivity index (χ2v) is 7.16. The number of nitrogens with one attached hydrogen (secondary N) is 1. The van der Waals surface area contributed by atoms with Crippen LogP contribution in [0.2, 0.25) is 5.02 Å². The molecule has 1 aromatic carbocycles. The normalized spacial score (nSPS) is 17.8. The van der Waals surface area contributed by atoms with E-state index in [-0.39, 0.29) is 11.8 Å². The van der Waals surface area contributed by atoms with Gasteiger partial charge in [-0.1, -0.05) is 49.9 Å². The van der Waals surface area contributed by atoms with Crippen LogP contribution in [0.1, 0.15) is 50.5 Å². The molecule has 0 radical (unpaired) electrons. The largest absolute Gasteiger partial charge is 0.320 e. The number of carbonyl (C=O) groups excluding carboxylic acids is 1. The summed E-state index contributed by atoms with van der Waals surface area (Å²) in [5.41, 5.74) is 1.62. The molecule has 0 bridgehead atoms. The molecule has 1 aliphatic heterocycles. The highest BCUT2D eigenvalue weighted by Crippen LogP contribution is 2.36. The number of nitrogens with zero attached hydrogens (tertiary/aromatic N) is 1. The molecule has 0 spiro atoms. The summed E-state index contributed by atoms with van der Waals surface area (Å²) in [7, 11) is 0. The van der Waals surface area contributed by atoms with Crippen molar-refractivity contribution < 1.29 is 4.79 Å². The second-order valence-electron chi connectivity index (χ2n) is 5.62. The molecule has 0 aromatic heterocycles. The van der Waals surface area contributed by atoms with Crippen molar-refractivity contribution in [2.75, 3.05) is 5.75 Å². The minimum absolute atomic E-state index is 0.0278.